The molecular weight excluding hydrogens is 293 g/mol. The Morgan fingerprint density at radius 2 is 2.00 bits per heavy atom. The van der Waals surface area contributed by atoms with Gasteiger partial charge in [-0.2, -0.15) is 8.78 Å². The Morgan fingerprint density at radius 1 is 1.44 bits per heavy atom. The van der Waals surface area contributed by atoms with Crippen LogP contribution in [-0.2, 0) is 4.79 Å². The van der Waals surface area contributed by atoms with E-state index in [1.807, 2.05) is 0 Å². The van der Waals surface area contributed by atoms with Gasteiger partial charge in [-0.3, -0.25) is 0 Å². The smallest absolute Gasteiger partial charge is 0.377 e. The standard InChI is InChI=1S/C9H6BrF3O3/c10-6-2-1-4(11)3-5(6)7(14)9(12,13)8(15)16/h1-3,7,14H,(H,15,16). The average Bonchev–Trinajstić information content (AvgIpc) is 2.20. The fraction of sp³-hybridized carbons (Fsp3) is 0.222. The van der Waals surface area contributed by atoms with E-state index in [4.69, 9.17) is 5.11 Å². The number of aliphatic hydroxyl groups is 1. The van der Waals surface area contributed by atoms with E-state index in [1.165, 1.54) is 0 Å². The molecule has 0 amide bonds. The zero-order chi connectivity index (χ0) is 12.5. The highest BCUT2D eigenvalue weighted by Gasteiger charge is 2.48. The van der Waals surface area contributed by atoms with Crippen molar-refractivity contribution >= 4 is 21.9 Å². The number of carboxylic acid groups (broad SMARTS) is 1. The first-order valence-electron chi connectivity index (χ1n) is 4.01. The molecular formula is C9H6BrF3O3. The predicted molar refractivity (Wildman–Crippen MR) is 51.6 cm³/mol. The van der Waals surface area contributed by atoms with Crippen molar-refractivity contribution in [2.45, 2.75) is 12.0 Å². The third-order valence-electron chi connectivity index (χ3n) is 1.88. The van der Waals surface area contributed by atoms with E-state index in [0.717, 1.165) is 12.1 Å². The van der Waals surface area contributed by atoms with Crippen LogP contribution in [0.15, 0.2) is 22.7 Å². The van der Waals surface area contributed by atoms with Crippen molar-refractivity contribution in [2.24, 2.45) is 0 Å². The number of alkyl halides is 2. The van der Waals surface area contributed by atoms with Crippen LogP contribution in [0.5, 0.6) is 0 Å². The topological polar surface area (TPSA) is 57.5 Å². The minimum absolute atomic E-state index is 0.00215. The van der Waals surface area contributed by atoms with Crippen LogP contribution < -0.4 is 0 Å². The number of carbonyl (C=O) groups is 1. The Hall–Kier alpha value is -1.08. The molecule has 0 fully saturated rings. The lowest BCUT2D eigenvalue weighted by molar-refractivity contribution is -0.183. The molecule has 0 bridgehead atoms. The summed E-state index contributed by atoms with van der Waals surface area (Å²) in [6, 6.07) is 2.73. The molecule has 0 aliphatic heterocycles. The maximum atomic E-state index is 12.9. The third kappa shape index (κ3) is 2.35. The van der Waals surface area contributed by atoms with Crippen LogP contribution in [0.3, 0.4) is 0 Å². The zero-order valence-electron chi connectivity index (χ0n) is 7.62. The second-order valence-corrected chi connectivity index (χ2v) is 3.85. The average molecular weight is 299 g/mol. The number of halogens is 4. The highest BCUT2D eigenvalue weighted by Crippen LogP contribution is 2.35. The SMILES string of the molecule is O=C(O)C(F)(F)C(O)c1cc(F)ccc1Br. The van der Waals surface area contributed by atoms with Crippen LogP contribution in [0.2, 0.25) is 0 Å². The van der Waals surface area contributed by atoms with Crippen molar-refractivity contribution in [1.29, 1.82) is 0 Å². The van der Waals surface area contributed by atoms with Gasteiger partial charge in [0.2, 0.25) is 0 Å². The Bertz CT molecular complexity index is 422. The highest BCUT2D eigenvalue weighted by molar-refractivity contribution is 9.10. The van der Waals surface area contributed by atoms with E-state index in [-0.39, 0.29) is 4.47 Å². The van der Waals surface area contributed by atoms with E-state index in [2.05, 4.69) is 15.9 Å². The maximum absolute atomic E-state index is 12.9. The van der Waals surface area contributed by atoms with Crippen LogP contribution in [0.4, 0.5) is 13.2 Å². The molecule has 3 nitrogen and oxygen atoms in total. The van der Waals surface area contributed by atoms with Gasteiger partial charge in [0.25, 0.3) is 0 Å². The molecule has 1 rings (SSSR count). The second-order valence-electron chi connectivity index (χ2n) is 3.00. The number of aliphatic hydroxyl groups excluding tert-OH is 1. The molecule has 2 N–H and O–H groups in total. The highest BCUT2D eigenvalue weighted by atomic mass is 79.9. The van der Waals surface area contributed by atoms with Crippen LogP contribution in [0.25, 0.3) is 0 Å². The summed E-state index contributed by atoms with van der Waals surface area (Å²) in [6.07, 6.45) is -2.62. The quantitative estimate of drug-likeness (QED) is 0.900. The number of hydrogen-bond donors (Lipinski definition) is 2. The molecule has 1 unspecified atom stereocenters. The molecule has 0 aromatic heterocycles. The van der Waals surface area contributed by atoms with E-state index in [9.17, 15) is 23.1 Å². The lowest BCUT2D eigenvalue weighted by Gasteiger charge is -2.19. The summed E-state index contributed by atoms with van der Waals surface area (Å²) in [5, 5.41) is 17.4. The van der Waals surface area contributed by atoms with E-state index >= 15 is 0 Å². The van der Waals surface area contributed by atoms with Gasteiger partial charge in [0.05, 0.1) is 0 Å². The summed E-state index contributed by atoms with van der Waals surface area (Å²) in [5.74, 6) is -7.70. The molecule has 0 radical (unpaired) electrons. The van der Waals surface area contributed by atoms with Gasteiger partial charge in [-0.05, 0) is 18.2 Å². The van der Waals surface area contributed by atoms with Crippen LogP contribution in [0, 0.1) is 5.82 Å². The summed E-state index contributed by atoms with van der Waals surface area (Å²) in [7, 11) is 0. The van der Waals surface area contributed by atoms with Gasteiger partial charge in [0.15, 0.2) is 6.10 Å². The van der Waals surface area contributed by atoms with E-state index < -0.39 is 29.4 Å². The van der Waals surface area contributed by atoms with Gasteiger partial charge < -0.3 is 10.2 Å². The number of hydrogen-bond acceptors (Lipinski definition) is 2. The Balaban J connectivity index is 3.19. The van der Waals surface area contributed by atoms with Gasteiger partial charge in [-0.1, -0.05) is 15.9 Å². The summed E-state index contributed by atoms with van der Waals surface area (Å²) in [6.45, 7) is 0. The second kappa shape index (κ2) is 4.42. The molecule has 1 aromatic rings. The molecule has 16 heavy (non-hydrogen) atoms. The summed E-state index contributed by atoms with van der Waals surface area (Å²) in [4.78, 5) is 10.2. The van der Waals surface area contributed by atoms with Crippen LogP contribution in [-0.4, -0.2) is 22.1 Å². The van der Waals surface area contributed by atoms with Crippen molar-refractivity contribution in [1.82, 2.24) is 0 Å². The Morgan fingerprint density at radius 3 is 2.50 bits per heavy atom. The van der Waals surface area contributed by atoms with Gasteiger partial charge >= 0.3 is 11.9 Å². The normalized spacial score (nSPS) is 13.6. The zero-order valence-corrected chi connectivity index (χ0v) is 9.21. The van der Waals surface area contributed by atoms with Crippen molar-refractivity contribution in [2.75, 3.05) is 0 Å². The number of carboxylic acids is 1. The van der Waals surface area contributed by atoms with Crippen LogP contribution in [0.1, 0.15) is 11.7 Å². The third-order valence-corrected chi connectivity index (χ3v) is 2.60. The van der Waals surface area contributed by atoms with Gasteiger partial charge in [0.1, 0.15) is 5.82 Å². The fourth-order valence-corrected chi connectivity index (χ4v) is 1.50. The first-order chi connectivity index (χ1) is 7.26. The molecule has 1 atom stereocenters. The Labute approximate surface area is 96.6 Å². The van der Waals surface area contributed by atoms with E-state index in [1.54, 1.807) is 0 Å². The summed E-state index contributed by atoms with van der Waals surface area (Å²) < 4.78 is 38.7. The van der Waals surface area contributed by atoms with E-state index in [0.29, 0.717) is 6.07 Å². The number of aliphatic carboxylic acids is 1. The maximum Gasteiger partial charge on any atom is 0.377 e. The molecule has 0 saturated carbocycles. The molecule has 7 heteroatoms. The molecule has 0 saturated heterocycles. The first-order valence-corrected chi connectivity index (χ1v) is 4.80. The lowest BCUT2D eigenvalue weighted by Crippen LogP contribution is -2.35. The van der Waals surface area contributed by atoms with Crippen molar-refractivity contribution in [3.8, 4) is 0 Å². The monoisotopic (exact) mass is 298 g/mol. The van der Waals surface area contributed by atoms with Crippen LogP contribution >= 0.6 is 15.9 Å². The van der Waals surface area contributed by atoms with Crippen molar-refractivity contribution in [3.63, 3.8) is 0 Å². The fourth-order valence-electron chi connectivity index (χ4n) is 1.04. The number of rotatable bonds is 3. The van der Waals surface area contributed by atoms with Gasteiger partial charge in [-0.25, -0.2) is 9.18 Å². The predicted octanol–water partition coefficient (Wildman–Crippen LogP) is 2.34. The summed E-state index contributed by atoms with van der Waals surface area (Å²) in [5.41, 5.74) is -0.521. The molecule has 1 aromatic carbocycles. The molecule has 0 spiro atoms. The molecule has 88 valence electrons. The van der Waals surface area contributed by atoms with Crippen molar-refractivity contribution in [3.05, 3.63) is 34.1 Å². The van der Waals surface area contributed by atoms with Gasteiger partial charge in [-0.15, -0.1) is 0 Å². The Kier molecular flexibility index (Phi) is 3.59. The minimum Gasteiger partial charge on any atom is -0.477 e. The number of benzene rings is 1. The molecule has 0 aliphatic carbocycles. The first kappa shape index (κ1) is 13.0. The van der Waals surface area contributed by atoms with Crippen molar-refractivity contribution < 1.29 is 28.2 Å². The van der Waals surface area contributed by atoms with Gasteiger partial charge in [0, 0.05) is 10.0 Å². The lowest BCUT2D eigenvalue weighted by atomic mass is 10.0. The largest absolute Gasteiger partial charge is 0.477 e. The minimum atomic E-state index is -4.38. The summed E-state index contributed by atoms with van der Waals surface area (Å²) >= 11 is 2.82. The molecule has 0 heterocycles. The molecule has 0 aliphatic rings.